The van der Waals surface area contributed by atoms with Crippen LogP contribution >= 0.6 is 0 Å². The number of aromatic nitrogens is 4. The second kappa shape index (κ2) is 9.88. The van der Waals surface area contributed by atoms with Crippen LogP contribution in [0.1, 0.15) is 24.6 Å². The van der Waals surface area contributed by atoms with Crippen LogP contribution in [0.4, 0.5) is 5.95 Å². The Bertz CT molecular complexity index is 1310. The Labute approximate surface area is 195 Å². The molecule has 4 heterocycles. The number of fused-ring (bicyclic) bond motifs is 1. The van der Waals surface area contributed by atoms with E-state index in [9.17, 15) is 9.59 Å². The lowest BCUT2D eigenvalue weighted by atomic mass is 10.1. The van der Waals surface area contributed by atoms with E-state index in [4.69, 9.17) is 9.47 Å². The minimum absolute atomic E-state index is 0.0300. The van der Waals surface area contributed by atoms with Gasteiger partial charge in [-0.15, -0.1) is 0 Å². The average molecular weight is 460 g/mol. The van der Waals surface area contributed by atoms with Crippen molar-refractivity contribution in [2.45, 2.75) is 24.9 Å². The molecule has 0 spiro atoms. The summed E-state index contributed by atoms with van der Waals surface area (Å²) in [5, 5.41) is 4.37. The number of anilines is 1. The highest BCUT2D eigenvalue weighted by atomic mass is 16.5. The molecule has 1 aliphatic heterocycles. The van der Waals surface area contributed by atoms with Crippen molar-refractivity contribution in [3.05, 3.63) is 77.0 Å². The number of H-pyrrole nitrogens is 1. The number of rotatable bonds is 8. The minimum atomic E-state index is -0.490. The summed E-state index contributed by atoms with van der Waals surface area (Å²) < 4.78 is 12.0. The SMILES string of the molecule is O=COCC(c1cc2ccccc2[nH]1)n1ccc(-c2ccnc(NC3CCOCC3)n2)cc1=O. The summed E-state index contributed by atoms with van der Waals surface area (Å²) in [6.07, 6.45) is 5.19. The quantitative estimate of drug-likeness (QED) is 0.390. The highest BCUT2D eigenvalue weighted by molar-refractivity contribution is 5.80. The molecule has 34 heavy (non-hydrogen) atoms. The monoisotopic (exact) mass is 459 g/mol. The molecule has 5 rings (SSSR count). The van der Waals surface area contributed by atoms with Crippen molar-refractivity contribution >= 4 is 23.3 Å². The molecule has 0 aliphatic carbocycles. The molecule has 1 saturated heterocycles. The van der Waals surface area contributed by atoms with Crippen molar-refractivity contribution in [3.63, 3.8) is 0 Å². The third-order valence-corrected chi connectivity index (χ3v) is 6.02. The second-order valence-corrected chi connectivity index (χ2v) is 8.21. The van der Waals surface area contributed by atoms with Gasteiger partial charge in [0.15, 0.2) is 0 Å². The van der Waals surface area contributed by atoms with Gasteiger partial charge >= 0.3 is 0 Å². The number of carbonyl (C=O) groups is 1. The van der Waals surface area contributed by atoms with Gasteiger partial charge in [0.1, 0.15) is 12.6 Å². The number of hydrogen-bond acceptors (Lipinski definition) is 7. The van der Waals surface area contributed by atoms with Crippen molar-refractivity contribution in [3.8, 4) is 11.3 Å². The fourth-order valence-electron chi connectivity index (χ4n) is 4.25. The Kier molecular flexibility index (Phi) is 6.35. The molecular formula is C25H25N5O4. The van der Waals surface area contributed by atoms with E-state index in [1.54, 1.807) is 23.0 Å². The molecular weight excluding hydrogens is 434 g/mol. The first-order chi connectivity index (χ1) is 16.7. The topological polar surface area (TPSA) is 111 Å². The van der Waals surface area contributed by atoms with E-state index in [1.165, 1.54) is 6.07 Å². The molecule has 1 fully saturated rings. The zero-order chi connectivity index (χ0) is 23.3. The fraction of sp³-hybridized carbons (Fsp3) is 0.280. The van der Waals surface area contributed by atoms with E-state index in [-0.39, 0.29) is 18.2 Å². The van der Waals surface area contributed by atoms with Crippen molar-refractivity contribution in [2.75, 3.05) is 25.1 Å². The van der Waals surface area contributed by atoms with Gasteiger partial charge in [-0.3, -0.25) is 9.59 Å². The molecule has 0 bridgehead atoms. The molecule has 0 radical (unpaired) electrons. The number of pyridine rings is 1. The Morgan fingerprint density at radius 3 is 2.85 bits per heavy atom. The van der Waals surface area contributed by atoms with Crippen LogP contribution in [0.2, 0.25) is 0 Å². The maximum atomic E-state index is 13.1. The molecule has 9 heteroatoms. The first kappa shape index (κ1) is 21.8. The van der Waals surface area contributed by atoms with Gasteiger partial charge in [0, 0.05) is 54.5 Å². The Morgan fingerprint density at radius 1 is 1.21 bits per heavy atom. The Morgan fingerprint density at radius 2 is 2.06 bits per heavy atom. The third-order valence-electron chi connectivity index (χ3n) is 6.02. The summed E-state index contributed by atoms with van der Waals surface area (Å²) in [4.78, 5) is 36.3. The first-order valence-corrected chi connectivity index (χ1v) is 11.2. The van der Waals surface area contributed by atoms with E-state index in [1.807, 2.05) is 36.4 Å². The van der Waals surface area contributed by atoms with Crippen LogP contribution in [0.15, 0.2) is 65.7 Å². The van der Waals surface area contributed by atoms with E-state index < -0.39 is 6.04 Å². The molecule has 1 atom stereocenters. The van der Waals surface area contributed by atoms with Gasteiger partial charge in [0.05, 0.1) is 5.69 Å². The predicted molar refractivity (Wildman–Crippen MR) is 128 cm³/mol. The molecule has 4 aromatic rings. The molecule has 9 nitrogen and oxygen atoms in total. The minimum Gasteiger partial charge on any atom is -0.465 e. The van der Waals surface area contributed by atoms with Gasteiger partial charge in [0.25, 0.3) is 12.0 Å². The number of nitrogens with zero attached hydrogens (tertiary/aromatic N) is 3. The lowest BCUT2D eigenvalue weighted by Crippen LogP contribution is -2.28. The van der Waals surface area contributed by atoms with Crippen LogP contribution in [-0.2, 0) is 14.3 Å². The summed E-state index contributed by atoms with van der Waals surface area (Å²) in [6.45, 7) is 1.87. The summed E-state index contributed by atoms with van der Waals surface area (Å²) in [5.41, 5.74) is 2.84. The van der Waals surface area contributed by atoms with Gasteiger partial charge in [-0.05, 0) is 42.5 Å². The lowest BCUT2D eigenvalue weighted by molar-refractivity contribution is -0.129. The van der Waals surface area contributed by atoms with Crippen LogP contribution in [0.3, 0.4) is 0 Å². The van der Waals surface area contributed by atoms with Gasteiger partial charge < -0.3 is 24.3 Å². The number of benzene rings is 1. The van der Waals surface area contributed by atoms with Crippen LogP contribution in [0.5, 0.6) is 0 Å². The van der Waals surface area contributed by atoms with Gasteiger partial charge in [-0.25, -0.2) is 9.97 Å². The number of nitrogens with one attached hydrogen (secondary N) is 2. The molecule has 174 valence electrons. The van der Waals surface area contributed by atoms with Crippen LogP contribution < -0.4 is 10.9 Å². The van der Waals surface area contributed by atoms with Crippen molar-refractivity contribution in [1.29, 1.82) is 0 Å². The highest BCUT2D eigenvalue weighted by Gasteiger charge is 2.19. The molecule has 1 aromatic carbocycles. The van der Waals surface area contributed by atoms with E-state index >= 15 is 0 Å². The maximum Gasteiger partial charge on any atom is 0.293 e. The zero-order valence-electron chi connectivity index (χ0n) is 18.5. The molecule has 1 aliphatic rings. The van der Waals surface area contributed by atoms with E-state index in [2.05, 4.69) is 20.3 Å². The molecule has 1 unspecified atom stereocenters. The first-order valence-electron chi connectivity index (χ1n) is 11.2. The summed E-state index contributed by atoms with van der Waals surface area (Å²) in [7, 11) is 0. The standard InChI is InChI=1S/C25H25N5O4/c31-16-34-15-23(22-13-17-3-1-2-4-20(17)28-22)30-10-6-18(14-24(30)32)21-5-9-26-25(29-21)27-19-7-11-33-12-8-19/h1-6,9-10,13-14,16,19,23,28H,7-8,11-12,15H2,(H,26,27,29). The summed E-state index contributed by atoms with van der Waals surface area (Å²) >= 11 is 0. The number of hydrogen-bond donors (Lipinski definition) is 2. The number of para-hydroxylation sites is 1. The number of aromatic amines is 1. The summed E-state index contributed by atoms with van der Waals surface area (Å²) in [6, 6.07) is 14.7. The maximum absolute atomic E-state index is 13.1. The normalized spacial score (nSPS) is 15.2. The predicted octanol–water partition coefficient (Wildman–Crippen LogP) is 3.14. The summed E-state index contributed by atoms with van der Waals surface area (Å²) in [5.74, 6) is 0.531. The third kappa shape index (κ3) is 4.69. The largest absolute Gasteiger partial charge is 0.465 e. The highest BCUT2D eigenvalue weighted by Crippen LogP contribution is 2.24. The van der Waals surface area contributed by atoms with Crippen LogP contribution in [0.25, 0.3) is 22.2 Å². The van der Waals surface area contributed by atoms with Crippen LogP contribution in [0, 0.1) is 0 Å². The smallest absolute Gasteiger partial charge is 0.293 e. The lowest BCUT2D eigenvalue weighted by Gasteiger charge is -2.23. The van der Waals surface area contributed by atoms with Crippen molar-refractivity contribution in [1.82, 2.24) is 19.5 Å². The Hall–Kier alpha value is -3.98. The number of carbonyl (C=O) groups excluding carboxylic acids is 1. The van der Waals surface area contributed by atoms with E-state index in [0.717, 1.165) is 42.7 Å². The van der Waals surface area contributed by atoms with E-state index in [0.29, 0.717) is 23.7 Å². The van der Waals surface area contributed by atoms with Gasteiger partial charge in [-0.1, -0.05) is 18.2 Å². The Balaban J connectivity index is 1.43. The second-order valence-electron chi connectivity index (χ2n) is 8.21. The van der Waals surface area contributed by atoms with Crippen molar-refractivity contribution in [2.24, 2.45) is 0 Å². The average Bonchev–Trinajstić information content (AvgIpc) is 3.30. The molecule has 3 aromatic heterocycles. The van der Waals surface area contributed by atoms with Crippen molar-refractivity contribution < 1.29 is 14.3 Å². The van der Waals surface area contributed by atoms with Crippen LogP contribution in [-0.4, -0.2) is 51.9 Å². The van der Waals surface area contributed by atoms with Gasteiger partial charge in [-0.2, -0.15) is 0 Å². The molecule has 0 amide bonds. The number of ether oxygens (including phenoxy) is 2. The molecule has 0 saturated carbocycles. The van der Waals surface area contributed by atoms with Gasteiger partial charge in [0.2, 0.25) is 5.95 Å². The zero-order valence-corrected chi connectivity index (χ0v) is 18.5. The fourth-order valence-corrected chi connectivity index (χ4v) is 4.25. The molecule has 2 N–H and O–H groups in total.